The zero-order valence-corrected chi connectivity index (χ0v) is 15.6. The van der Waals surface area contributed by atoms with Crippen molar-refractivity contribution in [1.29, 1.82) is 0 Å². The van der Waals surface area contributed by atoms with Gasteiger partial charge in [-0.25, -0.2) is 17.7 Å². The van der Waals surface area contributed by atoms with Gasteiger partial charge >= 0.3 is 0 Å². The maximum atomic E-state index is 13.0. The van der Waals surface area contributed by atoms with Crippen molar-refractivity contribution < 1.29 is 13.2 Å². The summed E-state index contributed by atoms with van der Waals surface area (Å²) < 4.78 is 32.3. The van der Waals surface area contributed by atoms with E-state index in [4.69, 9.17) is 16.3 Å². The Balaban J connectivity index is 2.57. The molecule has 0 N–H and O–H groups in total. The van der Waals surface area contributed by atoms with Crippen LogP contribution in [-0.4, -0.2) is 32.0 Å². The molecule has 0 bridgehead atoms. The Labute approximate surface area is 147 Å². The van der Waals surface area contributed by atoms with Gasteiger partial charge in [-0.15, -0.1) is 0 Å². The Morgan fingerprint density at radius 1 is 1.17 bits per heavy atom. The van der Waals surface area contributed by atoms with Gasteiger partial charge in [0.15, 0.2) is 0 Å². The molecule has 1 heterocycles. The minimum Gasteiger partial charge on any atom is -0.480 e. The van der Waals surface area contributed by atoms with Gasteiger partial charge in [0, 0.05) is 6.54 Å². The van der Waals surface area contributed by atoms with Crippen LogP contribution >= 0.6 is 11.6 Å². The number of rotatable bonds is 6. The lowest BCUT2D eigenvalue weighted by Gasteiger charge is -2.23. The van der Waals surface area contributed by atoms with Crippen molar-refractivity contribution >= 4 is 27.6 Å². The molecule has 0 aliphatic carbocycles. The van der Waals surface area contributed by atoms with Crippen LogP contribution in [0.2, 0.25) is 5.02 Å². The molecule has 0 radical (unpaired) electrons. The van der Waals surface area contributed by atoms with Gasteiger partial charge in [-0.2, -0.15) is 4.98 Å². The summed E-state index contributed by atoms with van der Waals surface area (Å²) in [5.74, 6) is 0.204. The number of hydrogen-bond donors (Lipinski definition) is 0. The third-order valence-corrected chi connectivity index (χ3v) is 5.66. The van der Waals surface area contributed by atoms with E-state index in [-0.39, 0.29) is 28.3 Å². The highest BCUT2D eigenvalue weighted by atomic mass is 35.5. The molecule has 130 valence electrons. The number of aromatic nitrogens is 2. The average Bonchev–Trinajstić information content (AvgIpc) is 2.55. The Morgan fingerprint density at radius 2 is 1.79 bits per heavy atom. The summed E-state index contributed by atoms with van der Waals surface area (Å²) in [5.41, 5.74) is 1.44. The number of aryl methyl sites for hydroxylation is 2. The lowest BCUT2D eigenvalue weighted by atomic mass is 10.2. The van der Waals surface area contributed by atoms with E-state index >= 15 is 0 Å². The summed E-state index contributed by atoms with van der Waals surface area (Å²) in [4.78, 5) is 8.59. The highest BCUT2D eigenvalue weighted by molar-refractivity contribution is 7.92. The fourth-order valence-electron chi connectivity index (χ4n) is 2.13. The van der Waals surface area contributed by atoms with Gasteiger partial charge in [0.05, 0.1) is 17.7 Å². The third kappa shape index (κ3) is 3.62. The van der Waals surface area contributed by atoms with E-state index in [0.717, 1.165) is 5.56 Å². The van der Waals surface area contributed by atoms with Gasteiger partial charge in [-0.05, 0) is 32.4 Å². The highest BCUT2D eigenvalue weighted by Gasteiger charge is 2.27. The molecule has 0 unspecified atom stereocenters. The summed E-state index contributed by atoms with van der Waals surface area (Å²) in [6.07, 6.45) is 0.610. The molecule has 6 nitrogen and oxygen atoms in total. The zero-order valence-electron chi connectivity index (χ0n) is 14.1. The number of nitrogens with zero attached hydrogens (tertiary/aromatic N) is 3. The average molecular weight is 370 g/mol. The van der Waals surface area contributed by atoms with Crippen molar-refractivity contribution in [2.75, 3.05) is 18.0 Å². The lowest BCUT2D eigenvalue weighted by molar-refractivity contribution is 0.397. The normalized spacial score (nSPS) is 11.4. The van der Waals surface area contributed by atoms with Crippen LogP contribution in [0.1, 0.15) is 24.6 Å². The predicted molar refractivity (Wildman–Crippen MR) is 94.3 cm³/mol. The summed E-state index contributed by atoms with van der Waals surface area (Å²) in [6, 6.07) is 6.66. The second kappa shape index (κ2) is 7.36. The first-order valence-corrected chi connectivity index (χ1v) is 9.30. The molecule has 2 aromatic rings. The van der Waals surface area contributed by atoms with Crippen LogP contribution in [-0.2, 0) is 10.0 Å². The monoisotopic (exact) mass is 369 g/mol. The van der Waals surface area contributed by atoms with Crippen LogP contribution in [0, 0.1) is 13.8 Å². The second-order valence-corrected chi connectivity index (χ2v) is 7.56. The number of ether oxygens (including phenoxy) is 1. The van der Waals surface area contributed by atoms with E-state index in [1.807, 2.05) is 13.8 Å². The second-order valence-electron chi connectivity index (χ2n) is 5.32. The van der Waals surface area contributed by atoms with Crippen LogP contribution in [0.25, 0.3) is 0 Å². The van der Waals surface area contributed by atoms with E-state index in [1.165, 1.54) is 11.4 Å². The van der Waals surface area contributed by atoms with Gasteiger partial charge < -0.3 is 4.74 Å². The molecule has 24 heavy (non-hydrogen) atoms. The summed E-state index contributed by atoms with van der Waals surface area (Å²) in [6.45, 7) is 5.72. The van der Waals surface area contributed by atoms with Crippen molar-refractivity contribution in [2.45, 2.75) is 32.1 Å². The molecule has 0 spiro atoms. The van der Waals surface area contributed by atoms with E-state index in [9.17, 15) is 8.42 Å². The molecule has 0 aliphatic heterocycles. The number of halogens is 1. The lowest BCUT2D eigenvalue weighted by Crippen LogP contribution is -2.33. The maximum Gasteiger partial charge on any atom is 0.266 e. The maximum absolute atomic E-state index is 13.0. The number of anilines is 1. The molecule has 1 aromatic heterocycles. The molecule has 0 fully saturated rings. The SMILES string of the molecule is CCCN(c1nc(C)c(Cl)c(OC)n1)S(=O)(=O)c1ccc(C)cc1. The topological polar surface area (TPSA) is 72.4 Å². The predicted octanol–water partition coefficient (Wildman–Crippen LogP) is 3.36. The Morgan fingerprint density at radius 3 is 2.33 bits per heavy atom. The summed E-state index contributed by atoms with van der Waals surface area (Å²) in [5, 5.41) is 0.269. The van der Waals surface area contributed by atoms with E-state index < -0.39 is 10.0 Å². The van der Waals surface area contributed by atoms with Crippen LogP contribution in [0.5, 0.6) is 5.88 Å². The van der Waals surface area contributed by atoms with E-state index in [2.05, 4.69) is 9.97 Å². The number of methoxy groups -OCH3 is 1. The summed E-state index contributed by atoms with van der Waals surface area (Å²) >= 11 is 6.08. The molecule has 0 aliphatic rings. The molecule has 1 aromatic carbocycles. The highest BCUT2D eigenvalue weighted by Crippen LogP contribution is 2.29. The van der Waals surface area contributed by atoms with E-state index in [1.54, 1.807) is 31.2 Å². The zero-order chi connectivity index (χ0) is 17.9. The largest absolute Gasteiger partial charge is 0.480 e. The molecular formula is C16H20ClN3O3S. The van der Waals surface area contributed by atoms with Gasteiger partial charge in [-0.3, -0.25) is 0 Å². The minimum atomic E-state index is -3.78. The molecule has 8 heteroatoms. The molecule has 0 saturated carbocycles. The number of sulfonamides is 1. The van der Waals surface area contributed by atoms with Gasteiger partial charge in [0.1, 0.15) is 5.02 Å². The van der Waals surface area contributed by atoms with Gasteiger partial charge in [0.25, 0.3) is 10.0 Å². The van der Waals surface area contributed by atoms with Crippen LogP contribution in [0.15, 0.2) is 29.2 Å². The van der Waals surface area contributed by atoms with Gasteiger partial charge in [-0.1, -0.05) is 36.2 Å². The van der Waals surface area contributed by atoms with Crippen molar-refractivity contribution in [2.24, 2.45) is 0 Å². The first-order valence-electron chi connectivity index (χ1n) is 7.48. The fraction of sp³-hybridized carbons (Fsp3) is 0.375. The smallest absolute Gasteiger partial charge is 0.266 e. The summed E-state index contributed by atoms with van der Waals surface area (Å²) in [7, 11) is -2.35. The van der Waals surface area contributed by atoms with Crippen LogP contribution in [0.3, 0.4) is 0 Å². The van der Waals surface area contributed by atoms with Crippen molar-refractivity contribution in [3.8, 4) is 5.88 Å². The first kappa shape index (κ1) is 18.5. The van der Waals surface area contributed by atoms with Crippen LogP contribution in [0.4, 0.5) is 5.95 Å². The Hall–Kier alpha value is -1.86. The van der Waals surface area contributed by atoms with Crippen molar-refractivity contribution in [3.05, 3.63) is 40.5 Å². The van der Waals surface area contributed by atoms with Crippen molar-refractivity contribution in [1.82, 2.24) is 9.97 Å². The quantitative estimate of drug-likeness (QED) is 0.780. The standard InChI is InChI=1S/C16H20ClN3O3S/c1-5-10-20(16-18-12(3)14(17)15(19-16)23-4)24(21,22)13-8-6-11(2)7-9-13/h6-9H,5,10H2,1-4H3. The fourth-order valence-corrected chi connectivity index (χ4v) is 3.75. The van der Waals surface area contributed by atoms with Gasteiger partial charge in [0.2, 0.25) is 11.8 Å². The molecule has 0 amide bonds. The molecule has 2 rings (SSSR count). The minimum absolute atomic E-state index is 0.0520. The third-order valence-electron chi connectivity index (χ3n) is 3.43. The molecular weight excluding hydrogens is 350 g/mol. The Bertz CT molecular complexity index is 823. The first-order chi connectivity index (χ1) is 11.3. The number of hydrogen-bond acceptors (Lipinski definition) is 5. The van der Waals surface area contributed by atoms with E-state index in [0.29, 0.717) is 12.1 Å². The molecule has 0 atom stereocenters. The molecule has 0 saturated heterocycles. The van der Waals surface area contributed by atoms with Crippen molar-refractivity contribution in [3.63, 3.8) is 0 Å². The van der Waals surface area contributed by atoms with Crippen LogP contribution < -0.4 is 9.04 Å². The Kier molecular flexibility index (Phi) is 5.66. The number of benzene rings is 1.